The molecule has 0 bridgehead atoms. The van der Waals surface area contributed by atoms with Gasteiger partial charge in [-0.1, -0.05) is 25.7 Å². The van der Waals surface area contributed by atoms with Crippen LogP contribution in [-0.2, 0) is 0 Å². The minimum absolute atomic E-state index is 0.783. The summed E-state index contributed by atoms with van der Waals surface area (Å²) in [5.74, 6) is 0.981. The normalized spacial score (nSPS) is 28.4. The zero-order valence-corrected chi connectivity index (χ0v) is 8.89. The van der Waals surface area contributed by atoms with Crippen LogP contribution in [0, 0.1) is 5.92 Å². The lowest BCUT2D eigenvalue weighted by molar-refractivity contribution is 0.228. The molecule has 0 aromatic rings. The molecular formula is C12H23N. The first-order valence-electron chi connectivity index (χ1n) is 6.12. The molecule has 0 saturated heterocycles. The van der Waals surface area contributed by atoms with Crippen molar-refractivity contribution < 1.29 is 0 Å². The van der Waals surface area contributed by atoms with E-state index < -0.39 is 0 Å². The average molecular weight is 181 g/mol. The van der Waals surface area contributed by atoms with Gasteiger partial charge in [0.15, 0.2) is 0 Å². The molecule has 13 heavy (non-hydrogen) atoms. The maximum Gasteiger partial charge on any atom is 0.00696 e. The van der Waals surface area contributed by atoms with Gasteiger partial charge in [-0.15, -0.1) is 0 Å². The second-order valence-corrected chi connectivity index (χ2v) is 4.98. The van der Waals surface area contributed by atoms with Gasteiger partial charge in [-0.3, -0.25) is 0 Å². The van der Waals surface area contributed by atoms with Gasteiger partial charge in [0.1, 0.15) is 0 Å². The van der Waals surface area contributed by atoms with Crippen LogP contribution in [-0.4, -0.2) is 12.1 Å². The van der Waals surface area contributed by atoms with E-state index in [4.69, 9.17) is 0 Å². The Balaban J connectivity index is 1.70. The first kappa shape index (κ1) is 9.51. The smallest absolute Gasteiger partial charge is 0.00696 e. The highest BCUT2D eigenvalue weighted by atomic mass is 15.0. The Morgan fingerprint density at radius 2 is 1.62 bits per heavy atom. The molecule has 2 aliphatic carbocycles. The van der Waals surface area contributed by atoms with Crippen LogP contribution in [0.3, 0.4) is 0 Å². The van der Waals surface area contributed by atoms with E-state index in [9.17, 15) is 0 Å². The van der Waals surface area contributed by atoms with Crippen LogP contribution in [0.25, 0.3) is 0 Å². The fraction of sp³-hybridized carbons (Fsp3) is 1.00. The molecule has 1 heteroatoms. The fourth-order valence-electron chi connectivity index (χ4n) is 2.72. The zero-order valence-electron chi connectivity index (χ0n) is 8.89. The molecule has 2 fully saturated rings. The van der Waals surface area contributed by atoms with Crippen molar-refractivity contribution in [1.82, 2.24) is 5.32 Å². The molecule has 0 heterocycles. The van der Waals surface area contributed by atoms with Crippen LogP contribution in [0.2, 0.25) is 0 Å². The lowest BCUT2D eigenvalue weighted by atomic mass is 9.83. The first-order chi connectivity index (χ1) is 6.36. The molecule has 0 aromatic carbocycles. The summed E-state index contributed by atoms with van der Waals surface area (Å²) in [7, 11) is 0. The molecule has 2 aliphatic rings. The van der Waals surface area contributed by atoms with Crippen molar-refractivity contribution in [3.63, 3.8) is 0 Å². The lowest BCUT2D eigenvalue weighted by Crippen LogP contribution is -2.44. The van der Waals surface area contributed by atoms with Gasteiger partial charge in [0.05, 0.1) is 0 Å². The van der Waals surface area contributed by atoms with E-state index in [1.54, 1.807) is 0 Å². The standard InChI is InChI=1S/C12H23N/c1-10(13-12-8-5-9-12)11-6-3-2-4-7-11/h10-13H,2-9H2,1H3/t10-/m1/s1. The summed E-state index contributed by atoms with van der Waals surface area (Å²) in [6, 6.07) is 1.66. The topological polar surface area (TPSA) is 12.0 Å². The molecule has 0 amide bonds. The number of nitrogens with one attached hydrogen (secondary N) is 1. The van der Waals surface area contributed by atoms with E-state index in [1.807, 2.05) is 0 Å². The largest absolute Gasteiger partial charge is 0.311 e. The van der Waals surface area contributed by atoms with Gasteiger partial charge in [-0.05, 0) is 38.5 Å². The third-order valence-corrected chi connectivity index (χ3v) is 3.96. The summed E-state index contributed by atoms with van der Waals surface area (Å²) in [4.78, 5) is 0. The maximum atomic E-state index is 3.79. The SMILES string of the molecule is C[C@@H](NC1CCC1)C1CCCCC1. The molecular weight excluding hydrogens is 158 g/mol. The van der Waals surface area contributed by atoms with E-state index in [0.717, 1.165) is 18.0 Å². The van der Waals surface area contributed by atoms with Crippen molar-refractivity contribution in [3.8, 4) is 0 Å². The summed E-state index contributed by atoms with van der Waals surface area (Å²) >= 11 is 0. The van der Waals surface area contributed by atoms with Crippen molar-refractivity contribution in [2.24, 2.45) is 5.92 Å². The van der Waals surface area contributed by atoms with Crippen LogP contribution >= 0.6 is 0 Å². The highest BCUT2D eigenvalue weighted by Gasteiger charge is 2.24. The number of hydrogen-bond donors (Lipinski definition) is 1. The van der Waals surface area contributed by atoms with Crippen LogP contribution in [0.5, 0.6) is 0 Å². The Bertz CT molecular complexity index is 145. The Morgan fingerprint density at radius 3 is 2.15 bits per heavy atom. The van der Waals surface area contributed by atoms with E-state index in [0.29, 0.717) is 0 Å². The lowest BCUT2D eigenvalue weighted by Gasteiger charge is -2.35. The van der Waals surface area contributed by atoms with Crippen molar-refractivity contribution >= 4 is 0 Å². The van der Waals surface area contributed by atoms with Crippen LogP contribution in [0.4, 0.5) is 0 Å². The monoisotopic (exact) mass is 181 g/mol. The fourth-order valence-corrected chi connectivity index (χ4v) is 2.72. The second-order valence-electron chi connectivity index (χ2n) is 4.98. The molecule has 1 N–H and O–H groups in total. The van der Waals surface area contributed by atoms with E-state index in [1.165, 1.54) is 51.4 Å². The van der Waals surface area contributed by atoms with E-state index in [-0.39, 0.29) is 0 Å². The maximum absolute atomic E-state index is 3.79. The van der Waals surface area contributed by atoms with Crippen LogP contribution in [0.1, 0.15) is 58.3 Å². The molecule has 76 valence electrons. The molecule has 0 spiro atoms. The molecule has 0 radical (unpaired) electrons. The third kappa shape index (κ3) is 2.46. The third-order valence-electron chi connectivity index (χ3n) is 3.96. The van der Waals surface area contributed by atoms with Gasteiger partial charge in [-0.2, -0.15) is 0 Å². The molecule has 2 rings (SSSR count). The predicted octanol–water partition coefficient (Wildman–Crippen LogP) is 3.10. The predicted molar refractivity (Wildman–Crippen MR) is 56.8 cm³/mol. The molecule has 2 saturated carbocycles. The molecule has 1 nitrogen and oxygen atoms in total. The van der Waals surface area contributed by atoms with Crippen LogP contribution < -0.4 is 5.32 Å². The number of rotatable bonds is 3. The van der Waals surface area contributed by atoms with Crippen molar-refractivity contribution in [1.29, 1.82) is 0 Å². The van der Waals surface area contributed by atoms with Gasteiger partial charge < -0.3 is 5.32 Å². The second kappa shape index (κ2) is 4.45. The summed E-state index contributed by atoms with van der Waals surface area (Å²) < 4.78 is 0. The Kier molecular flexibility index (Phi) is 3.26. The number of hydrogen-bond acceptors (Lipinski definition) is 1. The van der Waals surface area contributed by atoms with E-state index >= 15 is 0 Å². The summed E-state index contributed by atoms with van der Waals surface area (Å²) in [6.45, 7) is 2.40. The summed E-state index contributed by atoms with van der Waals surface area (Å²) in [5.41, 5.74) is 0. The Morgan fingerprint density at radius 1 is 0.923 bits per heavy atom. The van der Waals surface area contributed by atoms with Gasteiger partial charge in [0, 0.05) is 12.1 Å². The Hall–Kier alpha value is -0.0400. The van der Waals surface area contributed by atoms with Crippen molar-refractivity contribution in [3.05, 3.63) is 0 Å². The van der Waals surface area contributed by atoms with Gasteiger partial charge in [0.2, 0.25) is 0 Å². The van der Waals surface area contributed by atoms with Crippen molar-refractivity contribution in [2.75, 3.05) is 0 Å². The minimum Gasteiger partial charge on any atom is -0.311 e. The minimum atomic E-state index is 0.783. The highest BCUT2D eigenvalue weighted by Crippen LogP contribution is 2.28. The molecule has 0 unspecified atom stereocenters. The molecule has 0 aliphatic heterocycles. The van der Waals surface area contributed by atoms with E-state index in [2.05, 4.69) is 12.2 Å². The molecule has 1 atom stereocenters. The summed E-state index contributed by atoms with van der Waals surface area (Å²) in [5, 5.41) is 3.79. The summed E-state index contributed by atoms with van der Waals surface area (Å²) in [6.07, 6.45) is 11.7. The average Bonchev–Trinajstić information content (AvgIpc) is 2.12. The van der Waals surface area contributed by atoms with Gasteiger partial charge in [-0.25, -0.2) is 0 Å². The Labute approximate surface area is 82.3 Å². The van der Waals surface area contributed by atoms with Crippen molar-refractivity contribution in [2.45, 2.75) is 70.4 Å². The van der Waals surface area contributed by atoms with Gasteiger partial charge >= 0.3 is 0 Å². The zero-order chi connectivity index (χ0) is 9.10. The van der Waals surface area contributed by atoms with Gasteiger partial charge in [0.25, 0.3) is 0 Å². The quantitative estimate of drug-likeness (QED) is 0.705. The molecule has 0 aromatic heterocycles. The first-order valence-corrected chi connectivity index (χ1v) is 6.12. The van der Waals surface area contributed by atoms with Crippen LogP contribution in [0.15, 0.2) is 0 Å². The highest BCUT2D eigenvalue weighted by molar-refractivity contribution is 4.83.